The molecule has 1 amide bonds. The standard InChI is InChI=1S/C28H31N9O6/c1-35-19(15-32-28(35)37(39)40)17-42-21-13-22-23(31-16-21)14-24(36-9-11-41-12-10-36)34-27(22)43-20-5-3-18(4-6-20)33-26(38)25-29-7-2-8-30-25/h2,7-8,13-16,18,20H,3-6,9-12,17H2,1H3,(H,33,38)/t18-,20+. The number of hydrogen-bond acceptors (Lipinski definition) is 12. The van der Waals surface area contributed by atoms with E-state index in [9.17, 15) is 14.9 Å². The van der Waals surface area contributed by atoms with E-state index in [2.05, 4.69) is 30.2 Å². The summed E-state index contributed by atoms with van der Waals surface area (Å²) in [6, 6.07) is 5.43. The number of nitrogens with zero attached hydrogens (tertiary/aromatic N) is 8. The largest absolute Gasteiger partial charge is 0.484 e. The number of rotatable bonds is 9. The first kappa shape index (κ1) is 28.2. The molecular weight excluding hydrogens is 558 g/mol. The van der Waals surface area contributed by atoms with Crippen molar-refractivity contribution in [2.24, 2.45) is 7.05 Å². The summed E-state index contributed by atoms with van der Waals surface area (Å²) in [7, 11) is 1.57. The molecule has 4 aromatic rings. The Bertz CT molecular complexity index is 1600. The van der Waals surface area contributed by atoms with E-state index < -0.39 is 4.92 Å². The SMILES string of the molecule is Cn1c(COc2cnc3cc(N4CCOCC4)nc(O[C@H]4CC[C@@H](NC(=O)c5ncccn5)CC4)c3c2)cnc1[N+](=O)[O-]. The zero-order chi connectivity index (χ0) is 29.8. The molecule has 2 aliphatic rings. The molecule has 43 heavy (non-hydrogen) atoms. The molecule has 2 fully saturated rings. The molecule has 5 heterocycles. The summed E-state index contributed by atoms with van der Waals surface area (Å²) in [6.45, 7) is 2.74. The van der Waals surface area contributed by atoms with Gasteiger partial charge in [0, 0.05) is 37.6 Å². The summed E-state index contributed by atoms with van der Waals surface area (Å²) in [6.07, 6.45) is 8.98. The Balaban J connectivity index is 1.18. The highest BCUT2D eigenvalue weighted by atomic mass is 16.6. The number of aromatic nitrogens is 6. The third-order valence-corrected chi connectivity index (χ3v) is 7.61. The fraction of sp³-hybridized carbons (Fsp3) is 0.429. The van der Waals surface area contributed by atoms with E-state index in [1.54, 1.807) is 31.7 Å². The monoisotopic (exact) mass is 589 g/mol. The van der Waals surface area contributed by atoms with Crippen LogP contribution in [0.1, 0.15) is 42.0 Å². The molecule has 0 bridgehead atoms. The number of pyridine rings is 2. The summed E-state index contributed by atoms with van der Waals surface area (Å²) in [5.74, 6) is 1.31. The Morgan fingerprint density at radius 1 is 1.09 bits per heavy atom. The highest BCUT2D eigenvalue weighted by molar-refractivity contribution is 5.90. The fourth-order valence-electron chi connectivity index (χ4n) is 5.23. The lowest BCUT2D eigenvalue weighted by Gasteiger charge is -2.31. The molecule has 1 saturated carbocycles. The average molecular weight is 590 g/mol. The molecule has 1 saturated heterocycles. The predicted octanol–water partition coefficient (Wildman–Crippen LogP) is 2.60. The number of fused-ring (bicyclic) bond motifs is 1. The summed E-state index contributed by atoms with van der Waals surface area (Å²) < 4.78 is 19.4. The number of nitro groups is 1. The number of morpholine rings is 1. The number of carbonyl (C=O) groups is 1. The number of nitrogens with one attached hydrogen (secondary N) is 1. The number of imidazole rings is 1. The predicted molar refractivity (Wildman–Crippen MR) is 153 cm³/mol. The maximum atomic E-state index is 12.5. The second kappa shape index (κ2) is 12.5. The van der Waals surface area contributed by atoms with Gasteiger partial charge in [0.15, 0.2) is 5.69 Å². The number of hydrogen-bond donors (Lipinski definition) is 1. The molecule has 15 heteroatoms. The van der Waals surface area contributed by atoms with Crippen molar-refractivity contribution in [1.29, 1.82) is 0 Å². The van der Waals surface area contributed by atoms with Gasteiger partial charge in [-0.15, -0.1) is 0 Å². The van der Waals surface area contributed by atoms with Gasteiger partial charge in [-0.3, -0.25) is 9.78 Å². The first-order chi connectivity index (χ1) is 20.9. The molecule has 0 spiro atoms. The van der Waals surface area contributed by atoms with Crippen molar-refractivity contribution >= 4 is 28.6 Å². The Morgan fingerprint density at radius 2 is 1.86 bits per heavy atom. The van der Waals surface area contributed by atoms with Gasteiger partial charge < -0.3 is 34.5 Å². The fourth-order valence-corrected chi connectivity index (χ4v) is 5.23. The Labute approximate surface area is 246 Å². The van der Waals surface area contributed by atoms with E-state index in [4.69, 9.17) is 19.2 Å². The van der Waals surface area contributed by atoms with E-state index in [1.807, 2.05) is 12.1 Å². The molecule has 0 aromatic carbocycles. The number of carbonyl (C=O) groups excluding carboxylic acids is 1. The van der Waals surface area contributed by atoms with E-state index in [1.165, 1.54) is 10.8 Å². The lowest BCUT2D eigenvalue weighted by Crippen LogP contribution is -2.40. The van der Waals surface area contributed by atoms with Crippen molar-refractivity contribution in [1.82, 2.24) is 34.8 Å². The minimum atomic E-state index is -0.540. The third-order valence-electron chi connectivity index (χ3n) is 7.61. The molecule has 1 aliphatic heterocycles. The average Bonchev–Trinajstić information content (AvgIpc) is 3.42. The zero-order valence-electron chi connectivity index (χ0n) is 23.6. The van der Waals surface area contributed by atoms with E-state index in [0.29, 0.717) is 54.5 Å². The molecular formula is C28H31N9O6. The highest BCUT2D eigenvalue weighted by Gasteiger charge is 2.26. The van der Waals surface area contributed by atoms with Crippen molar-refractivity contribution < 1.29 is 23.9 Å². The van der Waals surface area contributed by atoms with Gasteiger partial charge in [-0.1, -0.05) is 4.98 Å². The van der Waals surface area contributed by atoms with Crippen LogP contribution in [0, 0.1) is 10.1 Å². The van der Waals surface area contributed by atoms with Crippen molar-refractivity contribution in [2.45, 2.75) is 44.4 Å². The van der Waals surface area contributed by atoms with Crippen LogP contribution >= 0.6 is 0 Å². The van der Waals surface area contributed by atoms with Gasteiger partial charge in [-0.2, -0.15) is 4.98 Å². The molecule has 1 N–H and O–H groups in total. The smallest absolute Gasteiger partial charge is 0.434 e. The normalized spacial score (nSPS) is 18.8. The Morgan fingerprint density at radius 3 is 2.58 bits per heavy atom. The lowest BCUT2D eigenvalue weighted by molar-refractivity contribution is -0.396. The maximum absolute atomic E-state index is 12.5. The molecule has 1 aliphatic carbocycles. The second-order valence-electron chi connectivity index (χ2n) is 10.4. The molecule has 0 unspecified atom stereocenters. The van der Waals surface area contributed by atoms with Crippen LogP contribution in [0.2, 0.25) is 0 Å². The summed E-state index contributed by atoms with van der Waals surface area (Å²) >= 11 is 0. The van der Waals surface area contributed by atoms with Gasteiger partial charge in [0.2, 0.25) is 11.7 Å². The molecule has 4 aromatic heterocycles. The second-order valence-corrected chi connectivity index (χ2v) is 10.4. The van der Waals surface area contributed by atoms with Crippen LogP contribution in [-0.4, -0.2) is 78.8 Å². The molecule has 0 atom stereocenters. The van der Waals surface area contributed by atoms with Crippen LogP contribution in [0.4, 0.5) is 11.8 Å². The highest BCUT2D eigenvalue weighted by Crippen LogP contribution is 2.33. The Hall–Kier alpha value is -4.92. The molecule has 224 valence electrons. The van der Waals surface area contributed by atoms with Gasteiger partial charge in [0.1, 0.15) is 30.5 Å². The molecule has 15 nitrogen and oxygen atoms in total. The zero-order valence-corrected chi connectivity index (χ0v) is 23.6. The molecule has 6 rings (SSSR count). The van der Waals surface area contributed by atoms with Crippen molar-refractivity contribution in [3.8, 4) is 11.6 Å². The number of ether oxygens (including phenoxy) is 3. The van der Waals surface area contributed by atoms with Gasteiger partial charge in [-0.25, -0.2) is 14.5 Å². The van der Waals surface area contributed by atoms with Crippen LogP contribution in [0.15, 0.2) is 43.0 Å². The van der Waals surface area contributed by atoms with E-state index >= 15 is 0 Å². The van der Waals surface area contributed by atoms with Gasteiger partial charge in [0.25, 0.3) is 5.91 Å². The summed E-state index contributed by atoms with van der Waals surface area (Å²) in [4.78, 5) is 46.7. The van der Waals surface area contributed by atoms with Crippen LogP contribution in [-0.2, 0) is 18.4 Å². The first-order valence-electron chi connectivity index (χ1n) is 14.1. The van der Waals surface area contributed by atoms with E-state index in [0.717, 1.165) is 31.5 Å². The quantitative estimate of drug-likeness (QED) is 0.224. The van der Waals surface area contributed by atoms with Crippen LogP contribution < -0.4 is 19.7 Å². The molecule has 0 radical (unpaired) electrons. The third kappa shape index (κ3) is 6.45. The number of anilines is 1. The first-order valence-corrected chi connectivity index (χ1v) is 14.1. The number of amides is 1. The minimum Gasteiger partial charge on any atom is -0.484 e. The van der Waals surface area contributed by atoms with Gasteiger partial charge in [0.05, 0.1) is 37.4 Å². The van der Waals surface area contributed by atoms with Crippen molar-refractivity contribution in [3.63, 3.8) is 0 Å². The van der Waals surface area contributed by atoms with Gasteiger partial charge in [-0.05, 0) is 42.7 Å². The maximum Gasteiger partial charge on any atom is 0.434 e. The van der Waals surface area contributed by atoms with Crippen LogP contribution in [0.3, 0.4) is 0 Å². The summed E-state index contributed by atoms with van der Waals surface area (Å²) in [5.41, 5.74) is 1.26. The van der Waals surface area contributed by atoms with Crippen LogP contribution in [0.25, 0.3) is 10.9 Å². The van der Waals surface area contributed by atoms with Gasteiger partial charge >= 0.3 is 5.95 Å². The van der Waals surface area contributed by atoms with E-state index in [-0.39, 0.29) is 36.4 Å². The minimum absolute atomic E-state index is 0.00467. The lowest BCUT2D eigenvalue weighted by atomic mass is 9.93. The summed E-state index contributed by atoms with van der Waals surface area (Å²) in [5, 5.41) is 14.9. The van der Waals surface area contributed by atoms with Crippen molar-refractivity contribution in [3.05, 3.63) is 64.6 Å². The van der Waals surface area contributed by atoms with Crippen molar-refractivity contribution in [2.75, 3.05) is 31.2 Å². The topological polar surface area (TPSA) is 173 Å². The Kier molecular flexibility index (Phi) is 8.22. The van der Waals surface area contributed by atoms with Crippen LogP contribution in [0.5, 0.6) is 11.6 Å².